The lowest BCUT2D eigenvalue weighted by Crippen LogP contribution is -2.65. The Kier molecular flexibility index (Phi) is 7.30. The Morgan fingerprint density at radius 3 is 2.48 bits per heavy atom. The van der Waals surface area contributed by atoms with Crippen molar-refractivity contribution in [2.75, 3.05) is 27.2 Å². The average Bonchev–Trinajstić information content (AvgIpc) is 2.93. The highest BCUT2D eigenvalue weighted by Gasteiger charge is 2.64. The second kappa shape index (κ2) is 10.5. The lowest BCUT2D eigenvalue weighted by molar-refractivity contribution is -0.153. The normalized spacial score (nSPS) is 25.2. The first kappa shape index (κ1) is 29.2. The summed E-state index contributed by atoms with van der Waals surface area (Å²) in [5, 5.41) is 47.9. The number of ketones is 3. The van der Waals surface area contributed by atoms with Gasteiger partial charge in [-0.1, -0.05) is 18.2 Å². The van der Waals surface area contributed by atoms with E-state index >= 15 is 0 Å². The largest absolute Gasteiger partial charge is 0.508 e. The van der Waals surface area contributed by atoms with E-state index in [9.17, 15) is 39.6 Å². The van der Waals surface area contributed by atoms with Crippen molar-refractivity contribution in [2.45, 2.75) is 31.4 Å². The summed E-state index contributed by atoms with van der Waals surface area (Å²) in [7, 11) is 3.17. The van der Waals surface area contributed by atoms with Crippen LogP contribution in [0, 0.1) is 11.8 Å². The number of carbonyl (C=O) groups is 4. The number of phenols is 1. The summed E-state index contributed by atoms with van der Waals surface area (Å²) in [6.07, 6.45) is 0.167. The molecule has 0 aliphatic heterocycles. The maximum atomic E-state index is 14.0. The Labute approximate surface area is 241 Å². The molecule has 0 heterocycles. The second-order valence-corrected chi connectivity index (χ2v) is 11.3. The summed E-state index contributed by atoms with van der Waals surface area (Å²) in [6.45, 7) is 1.66. The van der Waals surface area contributed by atoms with Gasteiger partial charge in [0, 0.05) is 30.1 Å². The molecular formula is C31H33N3O8. The van der Waals surface area contributed by atoms with Crippen molar-refractivity contribution in [1.29, 1.82) is 0 Å². The van der Waals surface area contributed by atoms with Gasteiger partial charge in [-0.2, -0.15) is 0 Å². The zero-order valence-electron chi connectivity index (χ0n) is 23.5. The summed E-state index contributed by atoms with van der Waals surface area (Å²) in [5.41, 5.74) is 4.18. The van der Waals surface area contributed by atoms with Crippen molar-refractivity contribution in [1.82, 2.24) is 10.2 Å². The van der Waals surface area contributed by atoms with Crippen molar-refractivity contribution >= 4 is 29.0 Å². The monoisotopic (exact) mass is 575 g/mol. The Morgan fingerprint density at radius 1 is 1.12 bits per heavy atom. The first-order valence-corrected chi connectivity index (χ1v) is 13.6. The zero-order valence-corrected chi connectivity index (χ0v) is 23.5. The number of aliphatic hydroxyl groups excluding tert-OH is 2. The first-order chi connectivity index (χ1) is 19.8. The zero-order chi connectivity index (χ0) is 30.7. The predicted molar refractivity (Wildman–Crippen MR) is 153 cm³/mol. The number of nitrogens with one attached hydrogen (secondary N) is 1. The molecule has 1 saturated carbocycles. The molecule has 2 aromatic rings. The van der Waals surface area contributed by atoms with E-state index in [1.54, 1.807) is 44.4 Å². The minimum absolute atomic E-state index is 0.00144. The molecule has 0 spiro atoms. The maximum absolute atomic E-state index is 14.0. The van der Waals surface area contributed by atoms with Gasteiger partial charge in [0.25, 0.3) is 5.91 Å². The van der Waals surface area contributed by atoms with Gasteiger partial charge < -0.3 is 31.5 Å². The van der Waals surface area contributed by atoms with Crippen LogP contribution in [0.15, 0.2) is 53.3 Å². The molecule has 3 aliphatic carbocycles. The number of Topliss-reactive ketones (excluding diaryl/α,β-unsaturated/α-hetero) is 3. The Hall–Kier alpha value is -4.32. The van der Waals surface area contributed by atoms with Gasteiger partial charge in [0.05, 0.1) is 11.6 Å². The fraction of sp³-hybridized carbons (Fsp3) is 0.355. The van der Waals surface area contributed by atoms with E-state index < -0.39 is 57.9 Å². The highest BCUT2D eigenvalue weighted by atomic mass is 16.3. The minimum Gasteiger partial charge on any atom is -0.508 e. The van der Waals surface area contributed by atoms with Gasteiger partial charge in [-0.3, -0.25) is 24.1 Å². The molecule has 4 atom stereocenters. The number of fused-ring (bicyclic) bond motifs is 3. The number of nitrogens with zero attached hydrogens (tertiary/aromatic N) is 1. The molecule has 220 valence electrons. The highest BCUT2D eigenvalue weighted by molar-refractivity contribution is 6.25. The molecule has 0 radical (unpaired) electrons. The number of carbonyl (C=O) groups excluding carboxylic acids is 4. The Morgan fingerprint density at radius 2 is 1.83 bits per heavy atom. The fourth-order valence-electron chi connectivity index (χ4n) is 6.73. The quantitative estimate of drug-likeness (QED) is 0.275. The molecule has 0 aromatic heterocycles. The van der Waals surface area contributed by atoms with Crippen LogP contribution >= 0.6 is 0 Å². The van der Waals surface area contributed by atoms with Gasteiger partial charge in [0.1, 0.15) is 22.8 Å². The number of benzene rings is 2. The lowest BCUT2D eigenvalue weighted by Gasteiger charge is -2.50. The molecule has 1 fully saturated rings. The first-order valence-electron chi connectivity index (χ1n) is 13.6. The van der Waals surface area contributed by atoms with Crippen LogP contribution in [-0.2, 0) is 20.8 Å². The van der Waals surface area contributed by atoms with Crippen molar-refractivity contribution in [2.24, 2.45) is 17.6 Å². The van der Waals surface area contributed by atoms with Crippen LogP contribution in [0.25, 0.3) is 16.9 Å². The minimum atomic E-state index is -2.63. The molecule has 3 aliphatic rings. The van der Waals surface area contributed by atoms with Gasteiger partial charge in [0.15, 0.2) is 17.2 Å². The molecule has 42 heavy (non-hydrogen) atoms. The fourth-order valence-corrected chi connectivity index (χ4v) is 6.73. The molecule has 0 bridgehead atoms. The Balaban J connectivity index is 1.67. The van der Waals surface area contributed by atoms with Crippen LogP contribution in [0.5, 0.6) is 5.75 Å². The number of likely N-dealkylation sites (N-methyl/N-ethyl adjacent to an activating group) is 1. The second-order valence-electron chi connectivity index (χ2n) is 11.3. The number of hydrogen-bond acceptors (Lipinski definition) is 10. The number of phenolic OH excluding ortho intramolecular Hbond substituents is 1. The van der Waals surface area contributed by atoms with Crippen molar-refractivity contribution in [3.8, 4) is 16.9 Å². The smallest absolute Gasteiger partial charge is 0.251 e. The summed E-state index contributed by atoms with van der Waals surface area (Å²) < 4.78 is 0. The molecule has 5 rings (SSSR count). The maximum Gasteiger partial charge on any atom is 0.251 e. The predicted octanol–water partition coefficient (Wildman–Crippen LogP) is 1.42. The van der Waals surface area contributed by atoms with E-state index in [1.807, 2.05) is 0 Å². The molecule has 0 saturated heterocycles. The number of hydrogen-bond donors (Lipinski definition) is 6. The number of rotatable bonds is 6. The topological polar surface area (TPSA) is 190 Å². The van der Waals surface area contributed by atoms with Gasteiger partial charge >= 0.3 is 0 Å². The molecular weight excluding hydrogens is 542 g/mol. The van der Waals surface area contributed by atoms with Gasteiger partial charge in [-0.15, -0.1) is 0 Å². The van der Waals surface area contributed by atoms with E-state index in [1.165, 1.54) is 11.0 Å². The third kappa shape index (κ3) is 4.23. The third-order valence-electron chi connectivity index (χ3n) is 8.58. The number of aliphatic hydroxyl groups is 3. The van der Waals surface area contributed by atoms with E-state index in [2.05, 4.69) is 5.32 Å². The van der Waals surface area contributed by atoms with Crippen LogP contribution in [0.3, 0.4) is 0 Å². The highest BCUT2D eigenvalue weighted by Crippen LogP contribution is 2.53. The number of nitrogens with two attached hydrogens (primary N) is 1. The van der Waals surface area contributed by atoms with Gasteiger partial charge in [-0.05, 0) is 74.7 Å². The van der Waals surface area contributed by atoms with Crippen LogP contribution in [0.2, 0.25) is 0 Å². The molecule has 2 aromatic carbocycles. The van der Waals surface area contributed by atoms with Crippen molar-refractivity contribution in [3.05, 3.63) is 70.0 Å². The molecule has 11 nitrogen and oxygen atoms in total. The van der Waals surface area contributed by atoms with Crippen molar-refractivity contribution in [3.63, 3.8) is 0 Å². The van der Waals surface area contributed by atoms with Crippen molar-refractivity contribution < 1.29 is 39.6 Å². The number of amides is 1. The van der Waals surface area contributed by atoms with E-state index in [-0.39, 0.29) is 42.2 Å². The SMILES string of the molecule is CC(=O)C1=C(O)[C@@]2(O)C(=O)C3=C(O)c4c(O)ccc(-c5cccc(C(=O)NCCN)c5)c4C[C@H]3C[C@H]2[C@H](N(C)C)C1=O. The van der Waals surface area contributed by atoms with Gasteiger partial charge in [0.2, 0.25) is 5.78 Å². The van der Waals surface area contributed by atoms with Crippen LogP contribution < -0.4 is 11.1 Å². The summed E-state index contributed by atoms with van der Waals surface area (Å²) in [4.78, 5) is 53.8. The van der Waals surface area contributed by atoms with Crippen LogP contribution in [-0.4, -0.2) is 87.4 Å². The Bertz CT molecular complexity index is 1610. The van der Waals surface area contributed by atoms with Crippen LogP contribution in [0.1, 0.15) is 34.8 Å². The number of aromatic hydroxyl groups is 1. The summed E-state index contributed by atoms with van der Waals surface area (Å²) in [5.74, 6) is -6.49. The standard InChI is InChI=1S/C31H33N3O8/c1-14(35)22-27(38)25(34(2)3)20-13-17-12-19-18(15-5-4-6-16(11-15)30(41)33-10-9-32)7-8-21(36)24(19)26(37)23(17)29(40)31(20,42)28(22)39/h4-8,11,17,20,25,36-37,39,42H,9-10,12-13,32H2,1-3H3,(H,33,41)/t17-,20-,25-,31+/m0/s1. The molecule has 1 amide bonds. The molecule has 0 unspecified atom stereocenters. The van der Waals surface area contributed by atoms with Crippen LogP contribution in [0.4, 0.5) is 0 Å². The van der Waals surface area contributed by atoms with E-state index in [4.69, 9.17) is 5.73 Å². The molecule has 11 heteroatoms. The average molecular weight is 576 g/mol. The van der Waals surface area contributed by atoms with Gasteiger partial charge in [-0.25, -0.2) is 0 Å². The summed E-state index contributed by atoms with van der Waals surface area (Å²) in [6, 6.07) is 8.74. The van der Waals surface area contributed by atoms with E-state index in [0.29, 0.717) is 28.8 Å². The summed E-state index contributed by atoms with van der Waals surface area (Å²) >= 11 is 0. The third-order valence-corrected chi connectivity index (χ3v) is 8.58. The lowest BCUT2D eigenvalue weighted by atomic mass is 9.57. The van der Waals surface area contributed by atoms with E-state index in [0.717, 1.165) is 6.92 Å². The molecule has 7 N–H and O–H groups in total.